The van der Waals surface area contributed by atoms with Crippen molar-refractivity contribution in [2.24, 2.45) is 5.73 Å². The quantitative estimate of drug-likeness (QED) is 0.140. The third-order valence-corrected chi connectivity index (χ3v) is 4.58. The molecule has 0 aliphatic carbocycles. The fourth-order valence-corrected chi connectivity index (χ4v) is 2.63. The number of pyridine rings is 1. The molecule has 0 fully saturated rings. The van der Waals surface area contributed by atoms with Crippen molar-refractivity contribution in [2.45, 2.75) is 38.5 Å². The SMILES string of the molecule is CCC(N)O.O=C(NCCCO)c1cc(-c2ccnc(Nc3cccc(OC(F)(F)C(F)F)c3)n2)ccn1. The van der Waals surface area contributed by atoms with E-state index in [9.17, 15) is 22.4 Å². The first kappa shape index (κ1) is 30.3. The van der Waals surface area contributed by atoms with Gasteiger partial charge in [-0.3, -0.25) is 9.78 Å². The first-order chi connectivity index (χ1) is 18.1. The molecule has 206 valence electrons. The number of halogens is 4. The monoisotopic (exact) mass is 540 g/mol. The standard InChI is InChI=1S/C21H19F4N5O3.C3H9NO/c22-19(23)21(24,25)33-15-4-1-3-14(12-15)29-20-28-9-6-16(30-20)13-5-8-26-17(11-13)18(32)27-7-2-10-31;1-2-3(4)5/h1,3-6,8-9,11-12,19,31H,2,7,10H2,(H,27,32)(H,28,29,30);3,5H,2,4H2,1H3. The number of amides is 1. The van der Waals surface area contributed by atoms with Gasteiger partial charge < -0.3 is 31.3 Å². The molecule has 14 heteroatoms. The Hall–Kier alpha value is -3.88. The topological polar surface area (TPSA) is 156 Å². The molecule has 6 N–H and O–H groups in total. The van der Waals surface area contributed by atoms with Crippen molar-refractivity contribution in [3.63, 3.8) is 0 Å². The van der Waals surface area contributed by atoms with Crippen molar-refractivity contribution in [3.8, 4) is 17.0 Å². The number of aliphatic hydroxyl groups is 2. The predicted molar refractivity (Wildman–Crippen MR) is 131 cm³/mol. The number of alkyl halides is 4. The summed E-state index contributed by atoms with van der Waals surface area (Å²) in [6.07, 6.45) is -5.28. The third-order valence-electron chi connectivity index (χ3n) is 4.58. The lowest BCUT2D eigenvalue weighted by molar-refractivity contribution is -0.253. The first-order valence-corrected chi connectivity index (χ1v) is 11.4. The van der Waals surface area contributed by atoms with Gasteiger partial charge in [0.25, 0.3) is 5.91 Å². The van der Waals surface area contributed by atoms with Crippen molar-refractivity contribution in [1.29, 1.82) is 0 Å². The zero-order valence-corrected chi connectivity index (χ0v) is 20.3. The summed E-state index contributed by atoms with van der Waals surface area (Å²) in [6, 6.07) is 9.81. The average molecular weight is 541 g/mol. The van der Waals surface area contributed by atoms with E-state index in [0.717, 1.165) is 12.1 Å². The van der Waals surface area contributed by atoms with Crippen LogP contribution in [0.2, 0.25) is 0 Å². The van der Waals surface area contributed by atoms with E-state index in [1.54, 1.807) is 12.1 Å². The lowest BCUT2D eigenvalue weighted by Crippen LogP contribution is -2.33. The number of ether oxygens (including phenoxy) is 1. The summed E-state index contributed by atoms with van der Waals surface area (Å²) in [7, 11) is 0. The smallest absolute Gasteiger partial charge is 0.428 e. The Kier molecular flexibility index (Phi) is 11.8. The van der Waals surface area contributed by atoms with E-state index in [-0.39, 0.29) is 23.9 Å². The summed E-state index contributed by atoms with van der Waals surface area (Å²) >= 11 is 0. The molecule has 0 spiro atoms. The van der Waals surface area contributed by atoms with E-state index >= 15 is 0 Å². The molecule has 0 aliphatic rings. The van der Waals surface area contributed by atoms with E-state index in [2.05, 4.69) is 30.3 Å². The van der Waals surface area contributed by atoms with Crippen molar-refractivity contribution in [1.82, 2.24) is 20.3 Å². The number of rotatable bonds is 11. The van der Waals surface area contributed by atoms with Gasteiger partial charge >= 0.3 is 12.5 Å². The molecule has 1 aromatic carbocycles. The molecule has 3 rings (SSSR count). The number of benzene rings is 1. The van der Waals surface area contributed by atoms with Gasteiger partial charge in [0.15, 0.2) is 0 Å². The number of nitrogens with two attached hydrogens (primary N) is 1. The number of carbonyl (C=O) groups excluding carboxylic acids is 1. The van der Waals surface area contributed by atoms with Crippen LogP contribution in [0.1, 0.15) is 30.3 Å². The van der Waals surface area contributed by atoms with E-state index < -0.39 is 30.4 Å². The van der Waals surface area contributed by atoms with Gasteiger partial charge in [-0.15, -0.1) is 0 Å². The maximum Gasteiger partial charge on any atom is 0.461 e. The largest absolute Gasteiger partial charge is 0.461 e. The Bertz CT molecular complexity index is 1170. The summed E-state index contributed by atoms with van der Waals surface area (Å²) in [5.41, 5.74) is 6.24. The molecule has 3 aromatic rings. The van der Waals surface area contributed by atoms with Crippen LogP contribution in [0, 0.1) is 0 Å². The van der Waals surface area contributed by atoms with Gasteiger partial charge in [0.05, 0.1) is 5.69 Å². The fourth-order valence-electron chi connectivity index (χ4n) is 2.63. The van der Waals surface area contributed by atoms with Crippen LogP contribution in [0.15, 0.2) is 54.9 Å². The number of anilines is 2. The summed E-state index contributed by atoms with van der Waals surface area (Å²) in [4.78, 5) is 24.6. The maximum absolute atomic E-state index is 13.1. The predicted octanol–water partition coefficient (Wildman–Crippen LogP) is 3.30. The maximum atomic E-state index is 13.1. The van der Waals surface area contributed by atoms with E-state index in [0.29, 0.717) is 30.6 Å². The number of hydrogen-bond acceptors (Lipinski definition) is 9. The van der Waals surface area contributed by atoms with Crippen LogP contribution in [0.4, 0.5) is 29.2 Å². The number of hydrogen-bond donors (Lipinski definition) is 5. The molecule has 1 atom stereocenters. The molecule has 0 bridgehead atoms. The van der Waals surface area contributed by atoms with Gasteiger partial charge in [0.2, 0.25) is 5.95 Å². The molecule has 1 amide bonds. The van der Waals surface area contributed by atoms with Crippen LogP contribution >= 0.6 is 0 Å². The van der Waals surface area contributed by atoms with Gasteiger partial charge in [0, 0.05) is 42.9 Å². The molecule has 1 unspecified atom stereocenters. The molecular formula is C24H28F4N6O4. The van der Waals surface area contributed by atoms with E-state index in [4.69, 9.17) is 15.9 Å². The number of aliphatic hydroxyl groups excluding tert-OH is 2. The van der Waals surface area contributed by atoms with E-state index in [1.807, 2.05) is 6.92 Å². The highest BCUT2D eigenvalue weighted by atomic mass is 19.3. The molecule has 38 heavy (non-hydrogen) atoms. The number of carbonyl (C=O) groups is 1. The van der Waals surface area contributed by atoms with Crippen molar-refractivity contribution in [2.75, 3.05) is 18.5 Å². The molecule has 0 aliphatic heterocycles. The van der Waals surface area contributed by atoms with Crippen LogP contribution < -0.4 is 21.1 Å². The van der Waals surface area contributed by atoms with Crippen LogP contribution in [-0.4, -0.2) is 63.0 Å². The molecule has 0 saturated heterocycles. The van der Waals surface area contributed by atoms with Gasteiger partial charge in [-0.1, -0.05) is 13.0 Å². The molecule has 2 aromatic heterocycles. The minimum atomic E-state index is -4.63. The summed E-state index contributed by atoms with van der Waals surface area (Å²) in [5, 5.41) is 22.4. The Balaban J connectivity index is 0.000000926. The summed E-state index contributed by atoms with van der Waals surface area (Å²) in [5.74, 6) is -0.779. The third kappa shape index (κ3) is 9.88. The lowest BCUT2D eigenvalue weighted by atomic mass is 10.1. The van der Waals surface area contributed by atoms with Crippen molar-refractivity contribution >= 4 is 17.5 Å². The van der Waals surface area contributed by atoms with Gasteiger partial charge in [-0.2, -0.15) is 17.6 Å². The molecule has 0 saturated carbocycles. The Morgan fingerprint density at radius 1 is 1.16 bits per heavy atom. The van der Waals surface area contributed by atoms with E-state index in [1.165, 1.54) is 30.6 Å². The number of nitrogens with one attached hydrogen (secondary N) is 2. The normalized spacial score (nSPS) is 11.8. The van der Waals surface area contributed by atoms with Crippen LogP contribution in [0.5, 0.6) is 5.75 Å². The highest BCUT2D eigenvalue weighted by Crippen LogP contribution is 2.29. The van der Waals surface area contributed by atoms with Gasteiger partial charge in [-0.05, 0) is 43.2 Å². The van der Waals surface area contributed by atoms with Crippen LogP contribution in [0.25, 0.3) is 11.3 Å². The highest BCUT2D eigenvalue weighted by Gasteiger charge is 2.44. The van der Waals surface area contributed by atoms with Crippen LogP contribution in [-0.2, 0) is 0 Å². The highest BCUT2D eigenvalue weighted by molar-refractivity contribution is 5.93. The average Bonchev–Trinajstić information content (AvgIpc) is 2.89. The summed E-state index contributed by atoms with van der Waals surface area (Å²) < 4.78 is 55.1. The Labute approximate surface area is 215 Å². The number of aromatic nitrogens is 3. The summed E-state index contributed by atoms with van der Waals surface area (Å²) in [6.45, 7) is 2.08. The number of nitrogens with zero attached hydrogens (tertiary/aromatic N) is 3. The van der Waals surface area contributed by atoms with Gasteiger partial charge in [-0.25, -0.2) is 9.97 Å². The van der Waals surface area contributed by atoms with Gasteiger partial charge in [0.1, 0.15) is 17.7 Å². The second-order valence-electron chi connectivity index (χ2n) is 7.62. The van der Waals surface area contributed by atoms with Crippen LogP contribution in [0.3, 0.4) is 0 Å². The second kappa shape index (κ2) is 14.8. The first-order valence-electron chi connectivity index (χ1n) is 11.4. The minimum absolute atomic E-state index is 0.0475. The van der Waals surface area contributed by atoms with Crippen molar-refractivity contribution in [3.05, 3.63) is 60.6 Å². The van der Waals surface area contributed by atoms with Crippen molar-refractivity contribution < 1.29 is 37.3 Å². The Morgan fingerprint density at radius 2 is 1.87 bits per heavy atom. The Morgan fingerprint density at radius 3 is 2.53 bits per heavy atom. The lowest BCUT2D eigenvalue weighted by Gasteiger charge is -2.17. The minimum Gasteiger partial charge on any atom is -0.428 e. The molecule has 0 radical (unpaired) electrons. The molecule has 2 heterocycles. The molecule has 10 nitrogen and oxygen atoms in total. The zero-order chi connectivity index (χ0) is 28.1. The molecular weight excluding hydrogens is 512 g/mol. The fraction of sp³-hybridized carbons (Fsp3) is 0.333. The second-order valence-corrected chi connectivity index (χ2v) is 7.62. The zero-order valence-electron chi connectivity index (χ0n) is 20.3.